The SMILES string of the molecule is O=C(COC(=O)c1ccc(Cl)c(N2CCCC2=O)c1)NCCc1ccccc1F. The Morgan fingerprint density at radius 2 is 2.00 bits per heavy atom. The maximum Gasteiger partial charge on any atom is 0.338 e. The molecule has 0 saturated carbocycles. The van der Waals surface area contributed by atoms with Crippen LogP contribution in [0.3, 0.4) is 0 Å². The number of hydrogen-bond acceptors (Lipinski definition) is 4. The van der Waals surface area contributed by atoms with Gasteiger partial charge in [0.2, 0.25) is 5.91 Å². The van der Waals surface area contributed by atoms with Crippen molar-refractivity contribution in [2.75, 3.05) is 24.6 Å². The largest absolute Gasteiger partial charge is 0.452 e. The molecule has 0 aromatic heterocycles. The molecule has 1 saturated heterocycles. The molecule has 1 aliphatic heterocycles. The van der Waals surface area contributed by atoms with Gasteiger partial charge in [0.15, 0.2) is 6.61 Å². The van der Waals surface area contributed by atoms with Gasteiger partial charge >= 0.3 is 5.97 Å². The molecule has 0 bridgehead atoms. The molecular formula is C21H20ClFN2O4. The molecule has 2 amide bonds. The Hall–Kier alpha value is -2.93. The number of ether oxygens (including phenoxy) is 1. The predicted octanol–water partition coefficient (Wildman–Crippen LogP) is 3.12. The van der Waals surface area contributed by atoms with Crippen molar-refractivity contribution in [2.24, 2.45) is 0 Å². The number of benzene rings is 2. The second-order valence-electron chi connectivity index (χ2n) is 6.58. The summed E-state index contributed by atoms with van der Waals surface area (Å²) in [5.74, 6) is -1.56. The van der Waals surface area contributed by atoms with Crippen molar-refractivity contribution in [1.82, 2.24) is 5.32 Å². The molecule has 8 heteroatoms. The highest BCUT2D eigenvalue weighted by molar-refractivity contribution is 6.34. The first-order valence-electron chi connectivity index (χ1n) is 9.23. The van der Waals surface area contributed by atoms with Gasteiger partial charge in [-0.3, -0.25) is 9.59 Å². The normalized spacial score (nSPS) is 13.4. The second-order valence-corrected chi connectivity index (χ2v) is 6.99. The molecule has 1 aliphatic rings. The molecule has 29 heavy (non-hydrogen) atoms. The molecule has 1 heterocycles. The Bertz CT molecular complexity index is 935. The standard InChI is InChI=1S/C21H20ClFN2O4/c22-16-8-7-15(12-18(16)25-11-3-6-20(25)27)21(28)29-13-19(26)24-10-9-14-4-1-2-5-17(14)23/h1-2,4-5,7-8,12H,3,6,9-11,13H2,(H,24,26). The summed E-state index contributed by atoms with van der Waals surface area (Å²) in [6.45, 7) is 0.303. The summed E-state index contributed by atoms with van der Waals surface area (Å²) in [4.78, 5) is 37.6. The highest BCUT2D eigenvalue weighted by Gasteiger charge is 2.24. The van der Waals surface area contributed by atoms with Crippen LogP contribution in [0, 0.1) is 5.82 Å². The quantitative estimate of drug-likeness (QED) is 0.701. The zero-order valence-electron chi connectivity index (χ0n) is 15.6. The Morgan fingerprint density at radius 1 is 1.21 bits per heavy atom. The summed E-state index contributed by atoms with van der Waals surface area (Å²) in [6, 6.07) is 10.8. The number of halogens is 2. The number of rotatable bonds is 7. The van der Waals surface area contributed by atoms with Gasteiger partial charge in [-0.15, -0.1) is 0 Å². The zero-order chi connectivity index (χ0) is 20.8. The molecule has 6 nitrogen and oxygen atoms in total. The van der Waals surface area contributed by atoms with E-state index in [2.05, 4.69) is 5.32 Å². The van der Waals surface area contributed by atoms with E-state index in [9.17, 15) is 18.8 Å². The van der Waals surface area contributed by atoms with E-state index < -0.39 is 18.5 Å². The molecule has 0 spiro atoms. The summed E-state index contributed by atoms with van der Waals surface area (Å²) in [5.41, 5.74) is 1.15. The summed E-state index contributed by atoms with van der Waals surface area (Å²) in [7, 11) is 0. The van der Waals surface area contributed by atoms with E-state index in [1.165, 1.54) is 29.2 Å². The van der Waals surface area contributed by atoms with Gasteiger partial charge in [0, 0.05) is 19.5 Å². The molecule has 0 aliphatic carbocycles. The van der Waals surface area contributed by atoms with E-state index in [0.717, 1.165) is 6.42 Å². The molecule has 2 aromatic carbocycles. The number of carbonyl (C=O) groups excluding carboxylic acids is 3. The fourth-order valence-electron chi connectivity index (χ4n) is 3.05. The minimum atomic E-state index is -0.696. The lowest BCUT2D eigenvalue weighted by molar-refractivity contribution is -0.124. The van der Waals surface area contributed by atoms with Crippen LogP contribution in [-0.4, -0.2) is 37.5 Å². The highest BCUT2D eigenvalue weighted by Crippen LogP contribution is 2.30. The Kier molecular flexibility index (Phi) is 6.82. The van der Waals surface area contributed by atoms with Crippen molar-refractivity contribution in [2.45, 2.75) is 19.3 Å². The van der Waals surface area contributed by atoms with Crippen molar-refractivity contribution in [3.8, 4) is 0 Å². The predicted molar refractivity (Wildman–Crippen MR) is 106 cm³/mol. The van der Waals surface area contributed by atoms with Crippen LogP contribution in [0.4, 0.5) is 10.1 Å². The van der Waals surface area contributed by atoms with E-state index in [0.29, 0.717) is 35.7 Å². The van der Waals surface area contributed by atoms with Crippen molar-refractivity contribution >= 4 is 35.1 Å². The van der Waals surface area contributed by atoms with E-state index in [-0.39, 0.29) is 23.8 Å². The number of hydrogen-bond donors (Lipinski definition) is 1. The fraction of sp³-hybridized carbons (Fsp3) is 0.286. The number of esters is 1. The maximum atomic E-state index is 13.5. The van der Waals surface area contributed by atoms with Gasteiger partial charge < -0.3 is 15.0 Å². The Labute approximate surface area is 172 Å². The van der Waals surface area contributed by atoms with Crippen molar-refractivity contribution in [1.29, 1.82) is 0 Å². The average Bonchev–Trinajstić information content (AvgIpc) is 3.13. The Balaban J connectivity index is 1.50. The molecule has 1 N–H and O–H groups in total. The first kappa shape index (κ1) is 20.8. The van der Waals surface area contributed by atoms with Crippen molar-refractivity contribution < 1.29 is 23.5 Å². The minimum absolute atomic E-state index is 0.0494. The van der Waals surface area contributed by atoms with Gasteiger partial charge in [-0.1, -0.05) is 29.8 Å². The van der Waals surface area contributed by atoms with Crippen LogP contribution in [0.25, 0.3) is 0 Å². The molecule has 0 atom stereocenters. The average molecular weight is 419 g/mol. The number of carbonyl (C=O) groups is 3. The van der Waals surface area contributed by atoms with Gasteiger partial charge in [0.1, 0.15) is 5.82 Å². The van der Waals surface area contributed by atoms with E-state index in [4.69, 9.17) is 16.3 Å². The first-order valence-corrected chi connectivity index (χ1v) is 9.60. The first-order chi connectivity index (χ1) is 14.0. The summed E-state index contributed by atoms with van der Waals surface area (Å²) in [6.07, 6.45) is 1.51. The number of anilines is 1. The van der Waals surface area contributed by atoms with Gasteiger partial charge in [-0.25, -0.2) is 9.18 Å². The lowest BCUT2D eigenvalue weighted by Crippen LogP contribution is -2.30. The summed E-state index contributed by atoms with van der Waals surface area (Å²) < 4.78 is 18.6. The molecule has 2 aromatic rings. The molecule has 1 fully saturated rings. The smallest absolute Gasteiger partial charge is 0.338 e. The topological polar surface area (TPSA) is 75.7 Å². The van der Waals surface area contributed by atoms with Crippen LogP contribution >= 0.6 is 11.6 Å². The molecular weight excluding hydrogens is 399 g/mol. The van der Waals surface area contributed by atoms with Gasteiger partial charge in [0.25, 0.3) is 5.91 Å². The van der Waals surface area contributed by atoms with Crippen LogP contribution < -0.4 is 10.2 Å². The minimum Gasteiger partial charge on any atom is -0.452 e. The lowest BCUT2D eigenvalue weighted by Gasteiger charge is -2.18. The van der Waals surface area contributed by atoms with E-state index in [1.807, 2.05) is 0 Å². The van der Waals surface area contributed by atoms with Gasteiger partial charge in [0.05, 0.1) is 16.3 Å². The Morgan fingerprint density at radius 3 is 2.72 bits per heavy atom. The fourth-order valence-corrected chi connectivity index (χ4v) is 3.27. The van der Waals surface area contributed by atoms with E-state index >= 15 is 0 Å². The van der Waals surface area contributed by atoms with Crippen molar-refractivity contribution in [3.05, 3.63) is 64.4 Å². The lowest BCUT2D eigenvalue weighted by atomic mass is 10.1. The molecule has 0 radical (unpaired) electrons. The zero-order valence-corrected chi connectivity index (χ0v) is 16.4. The number of nitrogens with zero attached hydrogens (tertiary/aromatic N) is 1. The molecule has 152 valence electrons. The highest BCUT2D eigenvalue weighted by atomic mass is 35.5. The third kappa shape index (κ3) is 5.32. The monoisotopic (exact) mass is 418 g/mol. The third-order valence-electron chi connectivity index (χ3n) is 4.55. The third-order valence-corrected chi connectivity index (χ3v) is 4.87. The van der Waals surface area contributed by atoms with Crippen molar-refractivity contribution in [3.63, 3.8) is 0 Å². The van der Waals surface area contributed by atoms with E-state index in [1.54, 1.807) is 18.2 Å². The number of nitrogens with one attached hydrogen (secondary N) is 1. The maximum absolute atomic E-state index is 13.5. The second kappa shape index (κ2) is 9.52. The van der Waals surface area contributed by atoms with Crippen LogP contribution in [0.2, 0.25) is 5.02 Å². The molecule has 0 unspecified atom stereocenters. The molecule has 3 rings (SSSR count). The van der Waals surface area contributed by atoms with Crippen LogP contribution in [0.15, 0.2) is 42.5 Å². The van der Waals surface area contributed by atoms with Gasteiger partial charge in [-0.05, 0) is 42.7 Å². The summed E-state index contributed by atoms with van der Waals surface area (Å²) >= 11 is 6.16. The van der Waals surface area contributed by atoms with Crippen LogP contribution in [-0.2, 0) is 20.7 Å². The van der Waals surface area contributed by atoms with Crippen LogP contribution in [0.5, 0.6) is 0 Å². The van der Waals surface area contributed by atoms with Gasteiger partial charge in [-0.2, -0.15) is 0 Å². The number of amides is 2. The summed E-state index contributed by atoms with van der Waals surface area (Å²) in [5, 5.41) is 2.94. The van der Waals surface area contributed by atoms with Crippen LogP contribution in [0.1, 0.15) is 28.8 Å².